The van der Waals surface area contributed by atoms with Crippen LogP contribution < -0.4 is 5.73 Å². The van der Waals surface area contributed by atoms with Gasteiger partial charge in [-0.3, -0.25) is 0 Å². The van der Waals surface area contributed by atoms with Crippen LogP contribution in [0.15, 0.2) is 22.7 Å². The Morgan fingerprint density at radius 1 is 1.44 bits per heavy atom. The molecule has 1 unspecified atom stereocenters. The van der Waals surface area contributed by atoms with Crippen molar-refractivity contribution in [1.29, 1.82) is 0 Å². The van der Waals surface area contributed by atoms with Crippen molar-refractivity contribution in [3.63, 3.8) is 0 Å². The fourth-order valence-electron chi connectivity index (χ4n) is 2.35. The molecule has 0 aliphatic heterocycles. The molecule has 0 spiro atoms. The van der Waals surface area contributed by atoms with Crippen molar-refractivity contribution < 1.29 is 9.50 Å². The SMILES string of the molecule is CC(C)CC(CN)(CO)Cc1ccc(Br)cc1F. The van der Waals surface area contributed by atoms with Crippen LogP contribution >= 0.6 is 15.9 Å². The van der Waals surface area contributed by atoms with E-state index in [0.717, 1.165) is 10.9 Å². The van der Waals surface area contributed by atoms with E-state index in [1.54, 1.807) is 6.07 Å². The van der Waals surface area contributed by atoms with Crippen molar-refractivity contribution >= 4 is 15.9 Å². The lowest BCUT2D eigenvalue weighted by atomic mass is 9.76. The molecule has 0 fully saturated rings. The normalized spacial score (nSPS) is 14.8. The average molecular weight is 318 g/mol. The lowest BCUT2D eigenvalue weighted by molar-refractivity contribution is 0.107. The van der Waals surface area contributed by atoms with Crippen molar-refractivity contribution in [2.75, 3.05) is 13.2 Å². The van der Waals surface area contributed by atoms with Gasteiger partial charge in [0.2, 0.25) is 0 Å². The molecule has 1 rings (SSSR count). The van der Waals surface area contributed by atoms with Gasteiger partial charge >= 0.3 is 0 Å². The second-order valence-electron chi connectivity index (χ2n) is 5.37. The van der Waals surface area contributed by atoms with Gasteiger partial charge in [0.15, 0.2) is 0 Å². The van der Waals surface area contributed by atoms with Crippen LogP contribution in [0, 0.1) is 17.2 Å². The van der Waals surface area contributed by atoms with Gasteiger partial charge in [-0.2, -0.15) is 0 Å². The second kappa shape index (κ2) is 6.64. The number of rotatable bonds is 6. The quantitative estimate of drug-likeness (QED) is 0.846. The first-order chi connectivity index (χ1) is 8.42. The molecule has 0 saturated heterocycles. The molecular weight excluding hydrogens is 297 g/mol. The average Bonchev–Trinajstić information content (AvgIpc) is 2.31. The third kappa shape index (κ3) is 4.04. The van der Waals surface area contributed by atoms with Gasteiger partial charge in [0.25, 0.3) is 0 Å². The maximum atomic E-state index is 13.8. The monoisotopic (exact) mass is 317 g/mol. The third-order valence-corrected chi connectivity index (χ3v) is 3.68. The van der Waals surface area contributed by atoms with Gasteiger partial charge in [-0.05, 0) is 36.5 Å². The summed E-state index contributed by atoms with van der Waals surface area (Å²) < 4.78 is 14.6. The Kier molecular flexibility index (Phi) is 5.76. The molecule has 18 heavy (non-hydrogen) atoms. The molecule has 0 saturated carbocycles. The van der Waals surface area contributed by atoms with E-state index in [0.29, 0.717) is 24.4 Å². The maximum Gasteiger partial charge on any atom is 0.127 e. The van der Waals surface area contributed by atoms with Crippen molar-refractivity contribution in [1.82, 2.24) is 0 Å². The standard InChI is InChI=1S/C14H21BrFNO/c1-10(2)6-14(8-17,9-18)7-11-3-4-12(15)5-13(11)16/h3-5,10,18H,6-9,17H2,1-2H3. The molecule has 0 radical (unpaired) electrons. The van der Waals surface area contributed by atoms with Gasteiger partial charge < -0.3 is 10.8 Å². The summed E-state index contributed by atoms with van der Waals surface area (Å²) in [5.74, 6) is 0.165. The zero-order valence-electron chi connectivity index (χ0n) is 10.9. The van der Waals surface area contributed by atoms with Gasteiger partial charge in [0.05, 0.1) is 6.61 Å². The molecule has 1 atom stereocenters. The summed E-state index contributed by atoms with van der Waals surface area (Å²) in [7, 11) is 0. The van der Waals surface area contributed by atoms with Gasteiger partial charge in [-0.25, -0.2) is 4.39 Å². The van der Waals surface area contributed by atoms with Crippen LogP contribution in [0.4, 0.5) is 4.39 Å². The lowest BCUT2D eigenvalue weighted by Gasteiger charge is -2.32. The Morgan fingerprint density at radius 3 is 2.56 bits per heavy atom. The Hall–Kier alpha value is -0.450. The van der Waals surface area contributed by atoms with Crippen LogP contribution in [-0.4, -0.2) is 18.3 Å². The predicted molar refractivity (Wildman–Crippen MR) is 75.8 cm³/mol. The number of hydrogen-bond donors (Lipinski definition) is 2. The molecule has 102 valence electrons. The second-order valence-corrected chi connectivity index (χ2v) is 6.29. The highest BCUT2D eigenvalue weighted by Gasteiger charge is 2.30. The Balaban J connectivity index is 2.95. The highest BCUT2D eigenvalue weighted by Crippen LogP contribution is 2.31. The Labute approximate surface area is 117 Å². The summed E-state index contributed by atoms with van der Waals surface area (Å²) in [4.78, 5) is 0. The van der Waals surface area contributed by atoms with E-state index in [2.05, 4.69) is 29.8 Å². The maximum absolute atomic E-state index is 13.8. The summed E-state index contributed by atoms with van der Waals surface area (Å²) in [6.07, 6.45) is 1.26. The Morgan fingerprint density at radius 2 is 2.11 bits per heavy atom. The molecular formula is C14H21BrFNO. The summed E-state index contributed by atoms with van der Waals surface area (Å²) in [5.41, 5.74) is 5.98. The first-order valence-corrected chi connectivity index (χ1v) is 6.96. The van der Waals surface area contributed by atoms with E-state index in [1.165, 1.54) is 6.07 Å². The summed E-state index contributed by atoms with van der Waals surface area (Å²) >= 11 is 3.24. The van der Waals surface area contributed by atoms with E-state index >= 15 is 0 Å². The summed E-state index contributed by atoms with van der Waals surface area (Å²) in [5, 5.41) is 9.62. The van der Waals surface area contributed by atoms with Crippen LogP contribution in [0.3, 0.4) is 0 Å². The van der Waals surface area contributed by atoms with Gasteiger partial charge in [0, 0.05) is 16.4 Å². The van der Waals surface area contributed by atoms with Gasteiger partial charge in [-0.15, -0.1) is 0 Å². The zero-order valence-corrected chi connectivity index (χ0v) is 12.5. The van der Waals surface area contributed by atoms with E-state index in [9.17, 15) is 9.50 Å². The van der Waals surface area contributed by atoms with Crippen LogP contribution in [0.1, 0.15) is 25.8 Å². The molecule has 0 aliphatic rings. The molecule has 2 nitrogen and oxygen atoms in total. The highest BCUT2D eigenvalue weighted by molar-refractivity contribution is 9.10. The molecule has 0 amide bonds. The molecule has 4 heteroatoms. The molecule has 1 aromatic carbocycles. The predicted octanol–water partition coefficient (Wildman–Crippen LogP) is 3.11. The lowest BCUT2D eigenvalue weighted by Crippen LogP contribution is -2.38. The number of halogens is 2. The van der Waals surface area contributed by atoms with E-state index in [-0.39, 0.29) is 12.4 Å². The highest BCUT2D eigenvalue weighted by atomic mass is 79.9. The first-order valence-electron chi connectivity index (χ1n) is 6.17. The number of benzene rings is 1. The fourth-order valence-corrected chi connectivity index (χ4v) is 2.68. The van der Waals surface area contributed by atoms with Crippen molar-refractivity contribution in [2.24, 2.45) is 17.1 Å². The van der Waals surface area contributed by atoms with Crippen molar-refractivity contribution in [3.8, 4) is 0 Å². The number of nitrogens with two attached hydrogens (primary N) is 1. The van der Waals surface area contributed by atoms with Crippen molar-refractivity contribution in [2.45, 2.75) is 26.7 Å². The first kappa shape index (κ1) is 15.6. The Bertz CT molecular complexity index is 391. The van der Waals surface area contributed by atoms with Gasteiger partial charge in [-0.1, -0.05) is 35.8 Å². The zero-order chi connectivity index (χ0) is 13.8. The van der Waals surface area contributed by atoms with E-state index in [4.69, 9.17) is 5.73 Å². The van der Waals surface area contributed by atoms with E-state index < -0.39 is 5.41 Å². The third-order valence-electron chi connectivity index (χ3n) is 3.19. The number of aliphatic hydroxyl groups is 1. The molecule has 0 aliphatic carbocycles. The summed E-state index contributed by atoms with van der Waals surface area (Å²) in [6, 6.07) is 5.01. The summed E-state index contributed by atoms with van der Waals surface area (Å²) in [6.45, 7) is 4.50. The molecule has 3 N–H and O–H groups in total. The minimum atomic E-state index is -0.428. The minimum absolute atomic E-state index is 0.0167. The van der Waals surface area contributed by atoms with E-state index in [1.807, 2.05) is 6.07 Å². The largest absolute Gasteiger partial charge is 0.396 e. The molecule has 0 bridgehead atoms. The van der Waals surface area contributed by atoms with Crippen LogP contribution in [0.2, 0.25) is 0 Å². The van der Waals surface area contributed by atoms with Crippen LogP contribution in [-0.2, 0) is 6.42 Å². The smallest absolute Gasteiger partial charge is 0.127 e. The number of aliphatic hydroxyl groups excluding tert-OH is 1. The minimum Gasteiger partial charge on any atom is -0.396 e. The number of hydrogen-bond acceptors (Lipinski definition) is 2. The van der Waals surface area contributed by atoms with Crippen LogP contribution in [0.5, 0.6) is 0 Å². The molecule has 1 aromatic rings. The molecule has 0 aromatic heterocycles. The van der Waals surface area contributed by atoms with Crippen molar-refractivity contribution in [3.05, 3.63) is 34.1 Å². The van der Waals surface area contributed by atoms with Crippen LogP contribution in [0.25, 0.3) is 0 Å². The fraction of sp³-hybridized carbons (Fsp3) is 0.571. The topological polar surface area (TPSA) is 46.2 Å². The van der Waals surface area contributed by atoms with Gasteiger partial charge in [0.1, 0.15) is 5.82 Å². The molecule has 0 heterocycles.